The van der Waals surface area contributed by atoms with E-state index in [2.05, 4.69) is 11.8 Å². The molecule has 3 nitrogen and oxygen atoms in total. The van der Waals surface area contributed by atoms with Gasteiger partial charge in [0.1, 0.15) is 5.82 Å². The molecule has 1 aliphatic carbocycles. The van der Waals surface area contributed by atoms with Crippen LogP contribution in [-0.4, -0.2) is 37.7 Å². The summed E-state index contributed by atoms with van der Waals surface area (Å²) in [4.78, 5) is 2.34. The lowest BCUT2D eigenvalue weighted by Crippen LogP contribution is -2.43. The highest BCUT2D eigenvalue weighted by atomic mass is 35.5. The van der Waals surface area contributed by atoms with Crippen LogP contribution < -0.4 is 5.73 Å². The molecule has 0 aromatic heterocycles. The van der Waals surface area contributed by atoms with Crippen LogP contribution in [0.1, 0.15) is 31.4 Å². The van der Waals surface area contributed by atoms with E-state index in [0.29, 0.717) is 25.1 Å². The van der Waals surface area contributed by atoms with E-state index >= 15 is 0 Å². The molecule has 5 heteroatoms. The number of nitrogens with two attached hydrogens (primary N) is 1. The SMILES string of the molecule is COCCN(C(CN)c1ccc(Cl)c(F)c1)C(C)C1CC1. The molecule has 1 saturated carbocycles. The molecule has 1 aliphatic rings. The summed E-state index contributed by atoms with van der Waals surface area (Å²) in [6.45, 7) is 4.11. The zero-order chi connectivity index (χ0) is 15.4. The third-order valence-electron chi connectivity index (χ3n) is 4.33. The average molecular weight is 315 g/mol. The van der Waals surface area contributed by atoms with E-state index < -0.39 is 5.82 Å². The number of benzene rings is 1. The van der Waals surface area contributed by atoms with Crippen LogP contribution in [0.2, 0.25) is 5.02 Å². The second kappa shape index (κ2) is 7.54. The number of ether oxygens (including phenoxy) is 1. The van der Waals surface area contributed by atoms with Gasteiger partial charge in [0, 0.05) is 32.3 Å². The van der Waals surface area contributed by atoms with E-state index in [1.807, 2.05) is 6.07 Å². The van der Waals surface area contributed by atoms with Crippen LogP contribution in [0.15, 0.2) is 18.2 Å². The van der Waals surface area contributed by atoms with Crippen LogP contribution in [-0.2, 0) is 4.74 Å². The Kier molecular flexibility index (Phi) is 5.99. The van der Waals surface area contributed by atoms with Crippen LogP contribution in [0.5, 0.6) is 0 Å². The number of rotatable bonds is 8. The molecule has 0 spiro atoms. The fourth-order valence-corrected chi connectivity index (χ4v) is 2.99. The van der Waals surface area contributed by atoms with Crippen molar-refractivity contribution in [3.05, 3.63) is 34.6 Å². The second-order valence-electron chi connectivity index (χ2n) is 5.73. The first kappa shape index (κ1) is 16.7. The number of hydrogen-bond donors (Lipinski definition) is 1. The highest BCUT2D eigenvalue weighted by Gasteiger charge is 2.35. The van der Waals surface area contributed by atoms with Gasteiger partial charge in [-0.15, -0.1) is 0 Å². The summed E-state index contributed by atoms with van der Waals surface area (Å²) in [6, 6.07) is 5.38. The Morgan fingerprint density at radius 1 is 1.48 bits per heavy atom. The van der Waals surface area contributed by atoms with Crippen molar-refractivity contribution in [3.8, 4) is 0 Å². The standard InChI is InChI=1S/C16H24ClFN2O/c1-11(12-3-4-12)20(7-8-21-2)16(10-19)13-5-6-14(17)15(18)9-13/h5-6,9,11-12,16H,3-4,7-8,10,19H2,1-2H3. The van der Waals surface area contributed by atoms with Crippen LogP contribution in [0.3, 0.4) is 0 Å². The van der Waals surface area contributed by atoms with E-state index in [1.165, 1.54) is 18.9 Å². The monoisotopic (exact) mass is 314 g/mol. The lowest BCUT2D eigenvalue weighted by atomic mass is 10.0. The minimum atomic E-state index is -0.390. The number of halogens is 2. The Morgan fingerprint density at radius 2 is 2.19 bits per heavy atom. The Hall–Kier alpha value is -0.680. The largest absolute Gasteiger partial charge is 0.383 e. The minimum Gasteiger partial charge on any atom is -0.383 e. The first-order valence-electron chi connectivity index (χ1n) is 7.48. The summed E-state index contributed by atoms with van der Waals surface area (Å²) in [5.41, 5.74) is 6.86. The predicted molar refractivity (Wildman–Crippen MR) is 84.0 cm³/mol. The van der Waals surface area contributed by atoms with Crippen LogP contribution in [0.25, 0.3) is 0 Å². The predicted octanol–water partition coefficient (Wildman–Crippen LogP) is 3.23. The topological polar surface area (TPSA) is 38.5 Å². The summed E-state index contributed by atoms with van der Waals surface area (Å²) in [5.74, 6) is 0.325. The number of methoxy groups -OCH3 is 1. The van der Waals surface area contributed by atoms with Gasteiger partial charge in [0.05, 0.1) is 11.6 Å². The summed E-state index contributed by atoms with van der Waals surface area (Å²) in [5, 5.41) is 0.146. The van der Waals surface area contributed by atoms with Gasteiger partial charge in [-0.3, -0.25) is 4.90 Å². The van der Waals surface area contributed by atoms with Gasteiger partial charge in [-0.05, 0) is 43.4 Å². The Morgan fingerprint density at radius 3 is 2.71 bits per heavy atom. The van der Waals surface area contributed by atoms with Crippen molar-refractivity contribution in [1.82, 2.24) is 4.90 Å². The van der Waals surface area contributed by atoms with Gasteiger partial charge in [-0.2, -0.15) is 0 Å². The molecule has 2 atom stereocenters. The van der Waals surface area contributed by atoms with Crippen molar-refractivity contribution in [1.29, 1.82) is 0 Å². The molecular weight excluding hydrogens is 291 g/mol. The Balaban J connectivity index is 2.22. The van der Waals surface area contributed by atoms with Crippen molar-refractivity contribution in [2.75, 3.05) is 26.8 Å². The van der Waals surface area contributed by atoms with Gasteiger partial charge < -0.3 is 10.5 Å². The van der Waals surface area contributed by atoms with Crippen LogP contribution in [0.4, 0.5) is 4.39 Å². The molecule has 2 unspecified atom stereocenters. The van der Waals surface area contributed by atoms with Gasteiger partial charge in [-0.25, -0.2) is 4.39 Å². The van der Waals surface area contributed by atoms with Crippen molar-refractivity contribution < 1.29 is 9.13 Å². The molecule has 1 fully saturated rings. The molecule has 0 radical (unpaired) electrons. The fourth-order valence-electron chi connectivity index (χ4n) is 2.87. The van der Waals surface area contributed by atoms with E-state index in [1.54, 1.807) is 13.2 Å². The molecule has 2 rings (SSSR count). The van der Waals surface area contributed by atoms with E-state index in [-0.39, 0.29) is 11.1 Å². The van der Waals surface area contributed by atoms with Crippen molar-refractivity contribution in [2.45, 2.75) is 31.8 Å². The van der Waals surface area contributed by atoms with Gasteiger partial charge in [0.25, 0.3) is 0 Å². The second-order valence-corrected chi connectivity index (χ2v) is 6.14. The van der Waals surface area contributed by atoms with Crippen molar-refractivity contribution in [3.63, 3.8) is 0 Å². The first-order valence-corrected chi connectivity index (χ1v) is 7.86. The summed E-state index contributed by atoms with van der Waals surface area (Å²) in [7, 11) is 1.69. The maximum atomic E-state index is 13.7. The molecule has 1 aromatic carbocycles. The molecule has 2 N–H and O–H groups in total. The summed E-state index contributed by atoms with van der Waals surface area (Å²) in [6.07, 6.45) is 2.52. The van der Waals surface area contributed by atoms with E-state index in [4.69, 9.17) is 22.1 Å². The molecule has 0 aliphatic heterocycles. The van der Waals surface area contributed by atoms with Crippen molar-refractivity contribution >= 4 is 11.6 Å². The molecule has 118 valence electrons. The maximum Gasteiger partial charge on any atom is 0.142 e. The minimum absolute atomic E-state index is 0.0116. The maximum absolute atomic E-state index is 13.7. The lowest BCUT2D eigenvalue weighted by Gasteiger charge is -2.36. The first-order chi connectivity index (χ1) is 10.1. The molecular formula is C16H24ClFN2O. The van der Waals surface area contributed by atoms with Gasteiger partial charge in [0.2, 0.25) is 0 Å². The smallest absolute Gasteiger partial charge is 0.142 e. The number of nitrogens with zero attached hydrogens (tertiary/aromatic N) is 1. The van der Waals surface area contributed by atoms with E-state index in [9.17, 15) is 4.39 Å². The molecule has 0 saturated heterocycles. The van der Waals surface area contributed by atoms with Crippen molar-refractivity contribution in [2.24, 2.45) is 11.7 Å². The third-order valence-corrected chi connectivity index (χ3v) is 4.64. The quantitative estimate of drug-likeness (QED) is 0.800. The highest BCUT2D eigenvalue weighted by molar-refractivity contribution is 6.30. The van der Waals surface area contributed by atoms with Gasteiger partial charge in [0.15, 0.2) is 0 Å². The molecule has 1 aromatic rings. The van der Waals surface area contributed by atoms with E-state index in [0.717, 1.165) is 12.1 Å². The fraction of sp³-hybridized carbons (Fsp3) is 0.625. The van der Waals surface area contributed by atoms with Crippen LogP contribution in [0, 0.1) is 11.7 Å². The van der Waals surface area contributed by atoms with Crippen LogP contribution >= 0.6 is 11.6 Å². The number of hydrogen-bond acceptors (Lipinski definition) is 3. The Bertz CT molecular complexity index is 468. The molecule has 21 heavy (non-hydrogen) atoms. The molecule has 0 amide bonds. The average Bonchev–Trinajstić information content (AvgIpc) is 3.30. The molecule has 0 bridgehead atoms. The van der Waals surface area contributed by atoms with Gasteiger partial charge in [-0.1, -0.05) is 17.7 Å². The molecule has 0 heterocycles. The zero-order valence-electron chi connectivity index (χ0n) is 12.7. The third kappa shape index (κ3) is 4.16. The zero-order valence-corrected chi connectivity index (χ0v) is 13.4. The lowest BCUT2D eigenvalue weighted by molar-refractivity contribution is 0.0834. The Labute approximate surface area is 131 Å². The van der Waals surface area contributed by atoms with Gasteiger partial charge >= 0.3 is 0 Å². The summed E-state index contributed by atoms with van der Waals surface area (Å²) >= 11 is 5.77. The highest BCUT2D eigenvalue weighted by Crippen LogP contribution is 2.38. The normalized spacial score (nSPS) is 18.0. The summed E-state index contributed by atoms with van der Waals surface area (Å²) < 4.78 is 19.0.